The molecule has 6 nitrogen and oxygen atoms in total. The van der Waals surface area contributed by atoms with Crippen LogP contribution in [0.25, 0.3) is 0 Å². The third kappa shape index (κ3) is 4.28. The molecule has 0 radical (unpaired) electrons. The fraction of sp³-hybridized carbons (Fsp3) is 0.238. The number of hydrogen-bond donors (Lipinski definition) is 2. The lowest BCUT2D eigenvalue weighted by molar-refractivity contribution is 0.0930. The van der Waals surface area contributed by atoms with E-state index in [2.05, 4.69) is 25.6 Å². The highest BCUT2D eigenvalue weighted by atomic mass is 16.1. The predicted molar refractivity (Wildman–Crippen MR) is 104 cm³/mol. The number of aromatic nitrogens is 3. The quantitative estimate of drug-likeness (QED) is 0.700. The van der Waals surface area contributed by atoms with Crippen molar-refractivity contribution in [1.82, 2.24) is 20.3 Å². The Morgan fingerprint density at radius 2 is 1.81 bits per heavy atom. The van der Waals surface area contributed by atoms with Crippen LogP contribution in [-0.4, -0.2) is 20.9 Å². The minimum absolute atomic E-state index is 0.0699. The molecule has 1 aliphatic carbocycles. The highest BCUT2D eigenvalue weighted by molar-refractivity contribution is 5.94. The lowest BCUT2D eigenvalue weighted by Crippen LogP contribution is -2.30. The van der Waals surface area contributed by atoms with E-state index in [0.717, 1.165) is 29.8 Å². The van der Waals surface area contributed by atoms with Crippen LogP contribution >= 0.6 is 0 Å². The highest BCUT2D eigenvalue weighted by Crippen LogP contribution is 2.40. The average Bonchev–Trinajstić information content (AvgIpc) is 3.52. The summed E-state index contributed by atoms with van der Waals surface area (Å²) in [5.41, 5.74) is 3.38. The molecule has 2 heterocycles. The normalized spacial score (nSPS) is 14.4. The Bertz CT molecular complexity index is 923. The number of aryl methyl sites for hydroxylation is 1. The number of rotatable bonds is 6. The SMILES string of the molecule is Cc1ccnc([C@@H](NC(=O)c2cnc(Nc3ccccc3)nc2)C2CC2)c1. The van der Waals surface area contributed by atoms with Crippen molar-refractivity contribution in [2.24, 2.45) is 5.92 Å². The van der Waals surface area contributed by atoms with Crippen LogP contribution in [0.1, 0.15) is 40.5 Å². The van der Waals surface area contributed by atoms with Crippen LogP contribution in [0.4, 0.5) is 11.6 Å². The molecule has 1 atom stereocenters. The topological polar surface area (TPSA) is 79.8 Å². The fourth-order valence-corrected chi connectivity index (χ4v) is 2.98. The molecule has 1 amide bonds. The summed E-state index contributed by atoms with van der Waals surface area (Å²) in [6.45, 7) is 2.03. The maximum atomic E-state index is 12.7. The first-order valence-corrected chi connectivity index (χ1v) is 9.06. The molecule has 0 spiro atoms. The molecule has 1 fully saturated rings. The van der Waals surface area contributed by atoms with Crippen LogP contribution in [0.2, 0.25) is 0 Å². The minimum atomic E-state index is -0.179. The molecule has 27 heavy (non-hydrogen) atoms. The summed E-state index contributed by atoms with van der Waals surface area (Å²) in [5.74, 6) is 0.724. The van der Waals surface area contributed by atoms with E-state index in [1.165, 1.54) is 0 Å². The van der Waals surface area contributed by atoms with Crippen molar-refractivity contribution >= 4 is 17.5 Å². The van der Waals surface area contributed by atoms with Crippen LogP contribution in [-0.2, 0) is 0 Å². The summed E-state index contributed by atoms with van der Waals surface area (Å²) in [4.78, 5) is 25.6. The molecule has 0 bridgehead atoms. The molecule has 2 aromatic heterocycles. The van der Waals surface area contributed by atoms with Crippen molar-refractivity contribution in [3.8, 4) is 0 Å². The second kappa shape index (κ2) is 7.53. The zero-order chi connectivity index (χ0) is 18.6. The van der Waals surface area contributed by atoms with Crippen molar-refractivity contribution in [3.05, 3.63) is 77.9 Å². The van der Waals surface area contributed by atoms with E-state index < -0.39 is 0 Å². The highest BCUT2D eigenvalue weighted by Gasteiger charge is 2.34. The van der Waals surface area contributed by atoms with Crippen LogP contribution in [0.3, 0.4) is 0 Å². The number of nitrogens with one attached hydrogen (secondary N) is 2. The summed E-state index contributed by atoms with van der Waals surface area (Å²) < 4.78 is 0. The molecule has 1 aliphatic rings. The van der Waals surface area contributed by atoms with Gasteiger partial charge in [0.15, 0.2) is 0 Å². The molecular formula is C21H21N5O. The summed E-state index contributed by atoms with van der Waals surface area (Å²) in [7, 11) is 0. The maximum absolute atomic E-state index is 12.7. The zero-order valence-corrected chi connectivity index (χ0v) is 15.1. The van der Waals surface area contributed by atoms with Gasteiger partial charge in [0.2, 0.25) is 5.95 Å². The largest absolute Gasteiger partial charge is 0.343 e. The van der Waals surface area contributed by atoms with Crippen molar-refractivity contribution in [2.75, 3.05) is 5.32 Å². The molecule has 6 heteroatoms. The first-order valence-electron chi connectivity index (χ1n) is 9.06. The Balaban J connectivity index is 1.45. The summed E-state index contributed by atoms with van der Waals surface area (Å²) in [6.07, 6.45) is 7.09. The van der Waals surface area contributed by atoms with Gasteiger partial charge in [-0.3, -0.25) is 9.78 Å². The molecule has 136 valence electrons. The van der Waals surface area contributed by atoms with E-state index >= 15 is 0 Å². The van der Waals surface area contributed by atoms with Crippen LogP contribution < -0.4 is 10.6 Å². The summed E-state index contributed by atoms with van der Waals surface area (Å²) >= 11 is 0. The number of para-hydroxylation sites is 1. The molecule has 1 aromatic carbocycles. The number of hydrogen-bond acceptors (Lipinski definition) is 5. The Kier molecular flexibility index (Phi) is 4.78. The Labute approximate surface area is 158 Å². The third-order valence-corrected chi connectivity index (χ3v) is 4.58. The molecule has 2 N–H and O–H groups in total. The first kappa shape index (κ1) is 17.1. The lowest BCUT2D eigenvalue weighted by atomic mass is 10.1. The van der Waals surface area contributed by atoms with Gasteiger partial charge in [0.25, 0.3) is 5.91 Å². The molecule has 0 aliphatic heterocycles. The van der Waals surface area contributed by atoms with Crippen LogP contribution in [0.15, 0.2) is 61.1 Å². The Hall–Kier alpha value is -3.28. The first-order chi connectivity index (χ1) is 13.2. The monoisotopic (exact) mass is 359 g/mol. The van der Waals surface area contributed by atoms with Gasteiger partial charge in [-0.05, 0) is 55.5 Å². The molecule has 0 unspecified atom stereocenters. The van der Waals surface area contributed by atoms with Gasteiger partial charge < -0.3 is 10.6 Å². The number of benzene rings is 1. The van der Waals surface area contributed by atoms with Crippen molar-refractivity contribution in [2.45, 2.75) is 25.8 Å². The van der Waals surface area contributed by atoms with E-state index in [1.54, 1.807) is 18.6 Å². The number of amides is 1. The molecule has 3 aromatic rings. The maximum Gasteiger partial charge on any atom is 0.254 e. The standard InChI is InChI=1S/C21H21N5O/c1-14-9-10-22-18(11-14)19(15-7-8-15)26-20(27)16-12-23-21(24-13-16)25-17-5-3-2-4-6-17/h2-6,9-13,15,19H,7-8H2,1H3,(H,26,27)(H,23,24,25)/t19-/m0/s1. The van der Waals surface area contributed by atoms with Crippen molar-refractivity contribution in [1.29, 1.82) is 0 Å². The lowest BCUT2D eigenvalue weighted by Gasteiger charge is -2.18. The summed E-state index contributed by atoms with van der Waals surface area (Å²) in [6, 6.07) is 13.6. The molecule has 4 rings (SSSR count). The van der Waals surface area contributed by atoms with Crippen molar-refractivity contribution in [3.63, 3.8) is 0 Å². The molecule has 0 saturated heterocycles. The van der Waals surface area contributed by atoms with Gasteiger partial charge in [-0.25, -0.2) is 9.97 Å². The van der Waals surface area contributed by atoms with Gasteiger partial charge >= 0.3 is 0 Å². The number of nitrogens with zero attached hydrogens (tertiary/aromatic N) is 3. The average molecular weight is 359 g/mol. The van der Waals surface area contributed by atoms with E-state index in [9.17, 15) is 4.79 Å². The predicted octanol–water partition coefficient (Wildman–Crippen LogP) is 3.80. The number of carbonyl (C=O) groups excluding carboxylic acids is 1. The number of pyridine rings is 1. The van der Waals surface area contributed by atoms with E-state index in [1.807, 2.05) is 49.4 Å². The van der Waals surface area contributed by atoms with Gasteiger partial charge in [-0.2, -0.15) is 0 Å². The fourth-order valence-electron chi connectivity index (χ4n) is 2.98. The van der Waals surface area contributed by atoms with Crippen LogP contribution in [0, 0.1) is 12.8 Å². The second-order valence-corrected chi connectivity index (χ2v) is 6.83. The molecular weight excluding hydrogens is 338 g/mol. The van der Waals surface area contributed by atoms with Crippen molar-refractivity contribution < 1.29 is 4.79 Å². The van der Waals surface area contributed by atoms with Crippen LogP contribution in [0.5, 0.6) is 0 Å². The summed E-state index contributed by atoms with van der Waals surface area (Å²) in [5, 5.41) is 6.21. The van der Waals surface area contributed by atoms with Gasteiger partial charge in [0.1, 0.15) is 0 Å². The number of anilines is 2. The Morgan fingerprint density at radius 3 is 2.48 bits per heavy atom. The molecule has 1 saturated carbocycles. The van der Waals surface area contributed by atoms with Gasteiger partial charge in [0, 0.05) is 24.3 Å². The smallest absolute Gasteiger partial charge is 0.254 e. The van der Waals surface area contributed by atoms with E-state index in [-0.39, 0.29) is 11.9 Å². The van der Waals surface area contributed by atoms with Gasteiger partial charge in [-0.1, -0.05) is 18.2 Å². The number of carbonyl (C=O) groups is 1. The zero-order valence-electron chi connectivity index (χ0n) is 15.1. The second-order valence-electron chi connectivity index (χ2n) is 6.83. The van der Waals surface area contributed by atoms with E-state index in [4.69, 9.17) is 0 Å². The minimum Gasteiger partial charge on any atom is -0.343 e. The van der Waals surface area contributed by atoms with Gasteiger partial charge in [0.05, 0.1) is 17.3 Å². The third-order valence-electron chi connectivity index (χ3n) is 4.58. The van der Waals surface area contributed by atoms with E-state index in [0.29, 0.717) is 17.4 Å². The Morgan fingerprint density at radius 1 is 1.07 bits per heavy atom. The van der Waals surface area contributed by atoms with Gasteiger partial charge in [-0.15, -0.1) is 0 Å².